The van der Waals surface area contributed by atoms with Gasteiger partial charge in [-0.3, -0.25) is 20.0 Å². The molecule has 4 heterocycles. The summed E-state index contributed by atoms with van der Waals surface area (Å²) in [5.74, 6) is 0.0376. The standard InChI is InChI=1S/C23H30N8O2/c1-4-25-23(33)27-22-26-20-13-17(16-8-7-10-24-14-16)12-19(31(20)28-22)21(32)30-11-9-18(15-30)29(5-2)6-3/h7-8,10,12-14,18H,4-6,9,11,15H2,1-3H3,(H2,25,27,28,33). The molecule has 1 aliphatic heterocycles. The van der Waals surface area contributed by atoms with Crippen LogP contribution in [0, 0.1) is 0 Å². The van der Waals surface area contributed by atoms with Gasteiger partial charge in [-0.25, -0.2) is 9.31 Å². The van der Waals surface area contributed by atoms with Gasteiger partial charge in [0.25, 0.3) is 11.9 Å². The largest absolute Gasteiger partial charge is 0.338 e. The second-order valence-corrected chi connectivity index (χ2v) is 7.98. The number of amides is 3. The average Bonchev–Trinajstić information content (AvgIpc) is 3.46. The summed E-state index contributed by atoms with van der Waals surface area (Å²) in [5, 5.41) is 9.69. The number of pyridine rings is 2. The fraction of sp³-hybridized carbons (Fsp3) is 0.435. The molecule has 174 valence electrons. The van der Waals surface area contributed by atoms with Gasteiger partial charge in [0.2, 0.25) is 0 Å². The molecule has 0 aliphatic carbocycles. The highest BCUT2D eigenvalue weighted by atomic mass is 16.2. The molecule has 0 saturated carbocycles. The Balaban J connectivity index is 1.71. The Bertz CT molecular complexity index is 1130. The van der Waals surface area contributed by atoms with Gasteiger partial charge in [-0.1, -0.05) is 19.9 Å². The molecule has 1 unspecified atom stereocenters. The van der Waals surface area contributed by atoms with E-state index in [4.69, 9.17) is 0 Å². The number of carbonyl (C=O) groups excluding carboxylic acids is 2. The molecular formula is C23H30N8O2. The van der Waals surface area contributed by atoms with Crippen molar-refractivity contribution in [1.29, 1.82) is 0 Å². The number of likely N-dealkylation sites (tertiary alicyclic amines) is 1. The maximum atomic E-state index is 13.6. The Hall–Kier alpha value is -3.53. The first-order valence-corrected chi connectivity index (χ1v) is 11.4. The van der Waals surface area contributed by atoms with Crippen LogP contribution < -0.4 is 10.6 Å². The highest BCUT2D eigenvalue weighted by molar-refractivity contribution is 5.95. The number of aromatic nitrogens is 4. The summed E-state index contributed by atoms with van der Waals surface area (Å²) in [6.45, 7) is 9.89. The summed E-state index contributed by atoms with van der Waals surface area (Å²) < 4.78 is 1.51. The van der Waals surface area contributed by atoms with E-state index in [0.29, 0.717) is 37.0 Å². The zero-order valence-electron chi connectivity index (χ0n) is 19.3. The third kappa shape index (κ3) is 4.80. The molecule has 0 aromatic carbocycles. The van der Waals surface area contributed by atoms with Crippen LogP contribution in [-0.2, 0) is 0 Å². The van der Waals surface area contributed by atoms with E-state index >= 15 is 0 Å². The topological polar surface area (TPSA) is 108 Å². The van der Waals surface area contributed by atoms with Gasteiger partial charge < -0.3 is 10.2 Å². The third-order valence-electron chi connectivity index (χ3n) is 5.99. The Morgan fingerprint density at radius 2 is 2.00 bits per heavy atom. The summed E-state index contributed by atoms with van der Waals surface area (Å²) in [6, 6.07) is 7.40. The van der Waals surface area contributed by atoms with E-state index in [0.717, 1.165) is 30.6 Å². The molecule has 0 spiro atoms. The predicted molar refractivity (Wildman–Crippen MR) is 126 cm³/mol. The lowest BCUT2D eigenvalue weighted by atomic mass is 10.1. The number of nitrogens with zero attached hydrogens (tertiary/aromatic N) is 6. The Labute approximate surface area is 193 Å². The maximum Gasteiger partial charge on any atom is 0.321 e. The highest BCUT2D eigenvalue weighted by Gasteiger charge is 2.31. The summed E-state index contributed by atoms with van der Waals surface area (Å²) in [4.78, 5) is 38.5. The fourth-order valence-corrected chi connectivity index (χ4v) is 4.32. The van der Waals surface area contributed by atoms with Gasteiger partial charge in [-0.2, -0.15) is 4.98 Å². The lowest BCUT2D eigenvalue weighted by molar-refractivity contribution is 0.0769. The number of anilines is 1. The summed E-state index contributed by atoms with van der Waals surface area (Å²) in [7, 11) is 0. The van der Waals surface area contributed by atoms with E-state index in [1.165, 1.54) is 4.52 Å². The molecule has 4 rings (SSSR count). The summed E-state index contributed by atoms with van der Waals surface area (Å²) in [5.41, 5.74) is 2.57. The van der Waals surface area contributed by atoms with Crippen LogP contribution in [0.1, 0.15) is 37.7 Å². The van der Waals surface area contributed by atoms with Crippen molar-refractivity contribution in [2.75, 3.05) is 38.0 Å². The van der Waals surface area contributed by atoms with E-state index in [-0.39, 0.29) is 11.9 Å². The molecule has 0 radical (unpaired) electrons. The molecule has 1 saturated heterocycles. The Morgan fingerprint density at radius 3 is 2.70 bits per heavy atom. The van der Waals surface area contributed by atoms with Crippen molar-refractivity contribution in [2.24, 2.45) is 0 Å². The van der Waals surface area contributed by atoms with Gasteiger partial charge in [-0.15, -0.1) is 5.10 Å². The van der Waals surface area contributed by atoms with Gasteiger partial charge in [0, 0.05) is 43.6 Å². The van der Waals surface area contributed by atoms with Crippen LogP contribution in [0.5, 0.6) is 0 Å². The van der Waals surface area contributed by atoms with Crippen LogP contribution in [-0.4, -0.2) is 80.1 Å². The van der Waals surface area contributed by atoms with Gasteiger partial charge in [0.1, 0.15) is 5.69 Å². The van der Waals surface area contributed by atoms with Crippen LogP contribution >= 0.6 is 0 Å². The van der Waals surface area contributed by atoms with Crippen LogP contribution in [0.4, 0.5) is 10.7 Å². The first-order valence-electron chi connectivity index (χ1n) is 11.4. The molecule has 3 aromatic rings. The van der Waals surface area contributed by atoms with E-state index in [1.54, 1.807) is 12.4 Å². The van der Waals surface area contributed by atoms with Crippen molar-refractivity contribution >= 4 is 23.5 Å². The molecule has 10 nitrogen and oxygen atoms in total. The monoisotopic (exact) mass is 450 g/mol. The zero-order valence-corrected chi connectivity index (χ0v) is 19.3. The van der Waals surface area contributed by atoms with Crippen molar-refractivity contribution < 1.29 is 9.59 Å². The smallest absolute Gasteiger partial charge is 0.321 e. The van der Waals surface area contributed by atoms with Crippen LogP contribution in [0.25, 0.3) is 16.8 Å². The lowest BCUT2D eigenvalue weighted by Crippen LogP contribution is -2.39. The molecule has 10 heteroatoms. The maximum absolute atomic E-state index is 13.6. The molecule has 0 bridgehead atoms. The summed E-state index contributed by atoms with van der Waals surface area (Å²) in [6.07, 6.45) is 4.40. The number of hydrogen-bond donors (Lipinski definition) is 2. The first-order chi connectivity index (χ1) is 16.0. The molecule has 33 heavy (non-hydrogen) atoms. The minimum atomic E-state index is -0.393. The number of carbonyl (C=O) groups is 2. The normalized spacial score (nSPS) is 15.9. The molecule has 1 atom stereocenters. The van der Waals surface area contributed by atoms with Crippen LogP contribution in [0.15, 0.2) is 36.7 Å². The minimum Gasteiger partial charge on any atom is -0.338 e. The van der Waals surface area contributed by atoms with Crippen molar-refractivity contribution in [2.45, 2.75) is 33.2 Å². The number of nitrogens with one attached hydrogen (secondary N) is 2. The molecule has 2 N–H and O–H groups in total. The van der Waals surface area contributed by atoms with Crippen LogP contribution in [0.3, 0.4) is 0 Å². The minimum absolute atomic E-state index is 0.102. The number of urea groups is 1. The second-order valence-electron chi connectivity index (χ2n) is 7.98. The van der Waals surface area contributed by atoms with Crippen molar-refractivity contribution in [3.8, 4) is 11.1 Å². The van der Waals surface area contributed by atoms with Crippen molar-refractivity contribution in [3.63, 3.8) is 0 Å². The lowest BCUT2D eigenvalue weighted by Gasteiger charge is -2.26. The second kappa shape index (κ2) is 9.95. The van der Waals surface area contributed by atoms with E-state index < -0.39 is 6.03 Å². The van der Waals surface area contributed by atoms with Gasteiger partial charge >= 0.3 is 6.03 Å². The van der Waals surface area contributed by atoms with Gasteiger partial charge in [-0.05, 0) is 50.2 Å². The van der Waals surface area contributed by atoms with E-state index in [1.807, 2.05) is 36.1 Å². The third-order valence-corrected chi connectivity index (χ3v) is 5.99. The van der Waals surface area contributed by atoms with E-state index in [2.05, 4.69) is 44.4 Å². The van der Waals surface area contributed by atoms with Gasteiger partial charge in [0.05, 0.1) is 0 Å². The highest BCUT2D eigenvalue weighted by Crippen LogP contribution is 2.25. The van der Waals surface area contributed by atoms with Gasteiger partial charge in [0.15, 0.2) is 5.65 Å². The van der Waals surface area contributed by atoms with Crippen molar-refractivity contribution in [3.05, 3.63) is 42.4 Å². The van der Waals surface area contributed by atoms with E-state index in [9.17, 15) is 9.59 Å². The number of hydrogen-bond acceptors (Lipinski definition) is 6. The Morgan fingerprint density at radius 1 is 1.18 bits per heavy atom. The van der Waals surface area contributed by atoms with Crippen molar-refractivity contribution in [1.82, 2.24) is 34.7 Å². The summed E-state index contributed by atoms with van der Waals surface area (Å²) >= 11 is 0. The predicted octanol–water partition coefficient (Wildman–Crippen LogP) is 2.49. The molecule has 1 fully saturated rings. The molecule has 1 aliphatic rings. The molecule has 3 aromatic heterocycles. The van der Waals surface area contributed by atoms with Crippen LogP contribution in [0.2, 0.25) is 0 Å². The average molecular weight is 451 g/mol. The quantitative estimate of drug-likeness (QED) is 0.573. The Kier molecular flexibility index (Phi) is 6.83. The number of likely N-dealkylation sites (N-methyl/N-ethyl adjacent to an activating group) is 1. The fourth-order valence-electron chi connectivity index (χ4n) is 4.32. The molecule has 3 amide bonds. The molecular weight excluding hydrogens is 420 g/mol. The number of fused-ring (bicyclic) bond motifs is 1. The first kappa shape index (κ1) is 22.7. The number of rotatable bonds is 7. The SMILES string of the molecule is CCNC(=O)Nc1nc2cc(-c3cccnc3)cc(C(=O)N3CCC(N(CC)CC)C3)n2n1. The zero-order chi connectivity index (χ0) is 23.4.